The molecule has 0 bridgehead atoms. The monoisotopic (exact) mass is 190 g/mol. The Morgan fingerprint density at radius 2 is 2.50 bits per heavy atom. The Kier molecular flexibility index (Phi) is 4.66. The van der Waals surface area contributed by atoms with Crippen LogP contribution in [0, 0.1) is 0 Å². The molecule has 0 spiro atoms. The van der Waals surface area contributed by atoms with Gasteiger partial charge in [-0.2, -0.15) is 0 Å². The Morgan fingerprint density at radius 1 is 1.67 bits per heavy atom. The Morgan fingerprint density at radius 3 is 3.08 bits per heavy atom. The van der Waals surface area contributed by atoms with Crippen molar-refractivity contribution in [1.82, 2.24) is 0 Å². The lowest BCUT2D eigenvalue weighted by Crippen LogP contribution is -2.22. The molecule has 0 radical (unpaired) electrons. The second kappa shape index (κ2) is 5.57. The first kappa shape index (κ1) is 10.0. The first-order valence-electron chi connectivity index (χ1n) is 4.32. The first-order chi connectivity index (χ1) is 5.83. The summed E-state index contributed by atoms with van der Waals surface area (Å²) in [6, 6.07) is 0. The fourth-order valence-corrected chi connectivity index (χ4v) is 1.16. The van der Waals surface area contributed by atoms with Gasteiger partial charge in [0.05, 0.1) is 6.61 Å². The number of halogens is 1. The van der Waals surface area contributed by atoms with E-state index >= 15 is 0 Å². The molecule has 1 heterocycles. The lowest BCUT2D eigenvalue weighted by atomic mass is 10.2. The Bertz CT molecular complexity index is 151. The van der Waals surface area contributed by atoms with Gasteiger partial charge in [0.25, 0.3) is 0 Å². The first-order valence-corrected chi connectivity index (χ1v) is 4.75. The average molecular weight is 191 g/mol. The highest BCUT2D eigenvalue weighted by Crippen LogP contribution is 2.14. The van der Waals surface area contributed by atoms with Crippen LogP contribution in [0.3, 0.4) is 0 Å². The van der Waals surface area contributed by atoms with Gasteiger partial charge >= 0.3 is 0 Å². The van der Waals surface area contributed by atoms with Gasteiger partial charge < -0.3 is 9.47 Å². The Hall–Kier alpha value is -0.0500. The summed E-state index contributed by atoms with van der Waals surface area (Å²) in [7, 11) is 0. The van der Waals surface area contributed by atoms with Crippen molar-refractivity contribution in [2.45, 2.75) is 32.5 Å². The maximum absolute atomic E-state index is 5.49. The number of hydrogen-bond acceptors (Lipinski definition) is 2. The summed E-state index contributed by atoms with van der Waals surface area (Å²) < 4.78 is 10.8. The minimum absolute atomic E-state index is 0.00897. The molecule has 0 amide bonds. The van der Waals surface area contributed by atoms with Gasteiger partial charge in [0.15, 0.2) is 6.29 Å². The second-order valence-corrected chi connectivity index (χ2v) is 3.28. The molecule has 1 rings (SSSR count). The van der Waals surface area contributed by atoms with Crippen LogP contribution in [0.25, 0.3) is 0 Å². The molecular weight excluding hydrogens is 176 g/mol. The normalized spacial score (nSPS) is 25.8. The molecule has 1 aliphatic rings. The van der Waals surface area contributed by atoms with Crippen molar-refractivity contribution < 1.29 is 9.47 Å². The third kappa shape index (κ3) is 3.57. The van der Waals surface area contributed by atoms with E-state index in [0.29, 0.717) is 6.61 Å². The standard InChI is InChI=1S/C9H15ClO2/c1-8(6-10)7-12-9-4-2-3-5-11-9/h6,9H,2-5,7H2,1H3/b8-6+. The van der Waals surface area contributed by atoms with Gasteiger partial charge in [-0.05, 0) is 31.8 Å². The quantitative estimate of drug-likeness (QED) is 0.681. The molecule has 0 aromatic carbocycles. The van der Waals surface area contributed by atoms with Crippen molar-refractivity contribution in [1.29, 1.82) is 0 Å². The smallest absolute Gasteiger partial charge is 0.158 e. The van der Waals surface area contributed by atoms with E-state index in [2.05, 4.69) is 0 Å². The maximum atomic E-state index is 5.49. The summed E-state index contributed by atoms with van der Waals surface area (Å²) >= 11 is 5.49. The zero-order valence-corrected chi connectivity index (χ0v) is 8.14. The molecule has 1 atom stereocenters. The molecule has 1 unspecified atom stereocenters. The average Bonchev–Trinajstić information content (AvgIpc) is 2.16. The fourth-order valence-electron chi connectivity index (χ4n) is 1.10. The number of ether oxygens (including phenoxy) is 2. The minimum atomic E-state index is -0.00897. The molecule has 0 aromatic heterocycles. The van der Waals surface area contributed by atoms with Crippen molar-refractivity contribution >= 4 is 11.6 Å². The van der Waals surface area contributed by atoms with E-state index in [0.717, 1.165) is 25.0 Å². The molecule has 0 saturated carbocycles. The third-order valence-corrected chi connectivity index (χ3v) is 2.19. The van der Waals surface area contributed by atoms with Crippen molar-refractivity contribution in [3.63, 3.8) is 0 Å². The lowest BCUT2D eigenvalue weighted by Gasteiger charge is -2.22. The zero-order chi connectivity index (χ0) is 8.81. The van der Waals surface area contributed by atoms with Crippen molar-refractivity contribution in [3.8, 4) is 0 Å². The summed E-state index contributed by atoms with van der Waals surface area (Å²) in [5.74, 6) is 0. The van der Waals surface area contributed by atoms with E-state index in [9.17, 15) is 0 Å². The predicted octanol–water partition coefficient (Wildman–Crippen LogP) is 2.67. The van der Waals surface area contributed by atoms with Gasteiger partial charge in [0, 0.05) is 12.1 Å². The fraction of sp³-hybridized carbons (Fsp3) is 0.778. The third-order valence-electron chi connectivity index (χ3n) is 1.82. The molecule has 1 saturated heterocycles. The van der Waals surface area contributed by atoms with Gasteiger partial charge in [-0.1, -0.05) is 11.6 Å². The van der Waals surface area contributed by atoms with Gasteiger partial charge in [0.2, 0.25) is 0 Å². The highest BCUT2D eigenvalue weighted by atomic mass is 35.5. The zero-order valence-electron chi connectivity index (χ0n) is 7.38. The molecule has 12 heavy (non-hydrogen) atoms. The molecule has 1 fully saturated rings. The van der Waals surface area contributed by atoms with E-state index in [1.165, 1.54) is 6.42 Å². The van der Waals surface area contributed by atoms with Crippen LogP contribution in [0.5, 0.6) is 0 Å². The lowest BCUT2D eigenvalue weighted by molar-refractivity contribution is -0.156. The van der Waals surface area contributed by atoms with Crippen LogP contribution in [0.2, 0.25) is 0 Å². The Labute approximate surface area is 78.5 Å². The number of hydrogen-bond donors (Lipinski definition) is 0. The summed E-state index contributed by atoms with van der Waals surface area (Å²) in [6.07, 6.45) is 3.36. The second-order valence-electron chi connectivity index (χ2n) is 3.06. The predicted molar refractivity (Wildman–Crippen MR) is 49.2 cm³/mol. The summed E-state index contributed by atoms with van der Waals surface area (Å²) in [4.78, 5) is 0. The molecule has 70 valence electrons. The van der Waals surface area contributed by atoms with Gasteiger partial charge in [-0.3, -0.25) is 0 Å². The Balaban J connectivity index is 2.13. The highest BCUT2D eigenvalue weighted by molar-refractivity contribution is 6.25. The molecular formula is C9H15ClO2. The van der Waals surface area contributed by atoms with Crippen molar-refractivity contribution in [2.75, 3.05) is 13.2 Å². The van der Waals surface area contributed by atoms with Crippen LogP contribution in [-0.2, 0) is 9.47 Å². The maximum Gasteiger partial charge on any atom is 0.158 e. The van der Waals surface area contributed by atoms with Gasteiger partial charge in [0.1, 0.15) is 0 Å². The van der Waals surface area contributed by atoms with Crippen LogP contribution < -0.4 is 0 Å². The molecule has 3 heteroatoms. The molecule has 0 aromatic rings. The molecule has 0 aliphatic carbocycles. The van der Waals surface area contributed by atoms with Crippen LogP contribution in [0.4, 0.5) is 0 Å². The summed E-state index contributed by atoms with van der Waals surface area (Å²) in [6.45, 7) is 3.35. The van der Waals surface area contributed by atoms with E-state index in [1.807, 2.05) is 6.92 Å². The number of rotatable bonds is 3. The highest BCUT2D eigenvalue weighted by Gasteiger charge is 2.13. The molecule has 1 aliphatic heterocycles. The van der Waals surface area contributed by atoms with E-state index in [-0.39, 0.29) is 6.29 Å². The SMILES string of the molecule is C/C(=C\Cl)COC1CCCCO1. The summed E-state index contributed by atoms with van der Waals surface area (Å²) in [5, 5.41) is 0. The van der Waals surface area contributed by atoms with Gasteiger partial charge in [-0.15, -0.1) is 0 Å². The molecule has 0 N–H and O–H groups in total. The topological polar surface area (TPSA) is 18.5 Å². The van der Waals surface area contributed by atoms with Gasteiger partial charge in [-0.25, -0.2) is 0 Å². The van der Waals surface area contributed by atoms with E-state index in [4.69, 9.17) is 21.1 Å². The van der Waals surface area contributed by atoms with Crippen LogP contribution in [0.15, 0.2) is 11.1 Å². The van der Waals surface area contributed by atoms with Crippen molar-refractivity contribution in [2.24, 2.45) is 0 Å². The van der Waals surface area contributed by atoms with Crippen LogP contribution >= 0.6 is 11.6 Å². The van der Waals surface area contributed by atoms with Crippen LogP contribution in [0.1, 0.15) is 26.2 Å². The molecule has 2 nitrogen and oxygen atoms in total. The largest absolute Gasteiger partial charge is 0.353 e. The van der Waals surface area contributed by atoms with Crippen LogP contribution in [-0.4, -0.2) is 19.5 Å². The van der Waals surface area contributed by atoms with E-state index < -0.39 is 0 Å². The minimum Gasteiger partial charge on any atom is -0.353 e. The van der Waals surface area contributed by atoms with E-state index in [1.54, 1.807) is 5.54 Å². The summed E-state index contributed by atoms with van der Waals surface area (Å²) in [5.41, 5.74) is 2.58. The van der Waals surface area contributed by atoms with Crippen molar-refractivity contribution in [3.05, 3.63) is 11.1 Å².